The Hall–Kier alpha value is -2.32. The van der Waals surface area contributed by atoms with E-state index >= 15 is 0 Å². The molecule has 1 aliphatic rings. The third kappa shape index (κ3) is 5.00. The molecule has 2 heterocycles. The number of esters is 1. The number of amides is 1. The number of carbonyl (C=O) groups excluding carboxylic acids is 2. The van der Waals surface area contributed by atoms with E-state index in [9.17, 15) is 9.59 Å². The van der Waals surface area contributed by atoms with Crippen molar-refractivity contribution >= 4 is 39.2 Å². The quantitative estimate of drug-likeness (QED) is 0.663. The van der Waals surface area contributed by atoms with Crippen molar-refractivity contribution in [3.05, 3.63) is 45.7 Å². The van der Waals surface area contributed by atoms with Gasteiger partial charge < -0.3 is 24.3 Å². The van der Waals surface area contributed by atoms with Crippen LogP contribution in [-0.2, 0) is 20.8 Å². The lowest BCUT2D eigenvalue weighted by Gasteiger charge is -2.30. The van der Waals surface area contributed by atoms with Crippen molar-refractivity contribution in [2.24, 2.45) is 0 Å². The van der Waals surface area contributed by atoms with Gasteiger partial charge in [0.05, 0.1) is 36.8 Å². The molecule has 8 heteroatoms. The van der Waals surface area contributed by atoms with E-state index in [1.165, 1.54) is 0 Å². The second-order valence-electron chi connectivity index (χ2n) is 6.90. The van der Waals surface area contributed by atoms with Crippen LogP contribution in [-0.4, -0.2) is 49.4 Å². The summed E-state index contributed by atoms with van der Waals surface area (Å²) in [6, 6.07) is 7.63. The van der Waals surface area contributed by atoms with Crippen LogP contribution in [0.3, 0.4) is 0 Å². The molecule has 1 fully saturated rings. The van der Waals surface area contributed by atoms with Gasteiger partial charge in [-0.1, -0.05) is 15.9 Å². The van der Waals surface area contributed by atoms with Gasteiger partial charge in [-0.25, -0.2) is 4.79 Å². The second-order valence-corrected chi connectivity index (χ2v) is 7.82. The van der Waals surface area contributed by atoms with Crippen molar-refractivity contribution in [2.75, 3.05) is 43.1 Å². The minimum absolute atomic E-state index is 0.117. The Kier molecular flexibility index (Phi) is 6.97. The molecule has 1 amide bonds. The maximum atomic E-state index is 12.8. The number of nitrogens with zero attached hydrogens (tertiary/aromatic N) is 2. The summed E-state index contributed by atoms with van der Waals surface area (Å²) in [6.45, 7) is 8.80. The summed E-state index contributed by atoms with van der Waals surface area (Å²) < 4.78 is 13.2. The summed E-state index contributed by atoms with van der Waals surface area (Å²) in [4.78, 5) is 27.1. The average molecular weight is 464 g/mol. The molecule has 29 heavy (non-hydrogen) atoms. The molecule has 0 aliphatic carbocycles. The van der Waals surface area contributed by atoms with Gasteiger partial charge in [0.2, 0.25) is 5.91 Å². The molecule has 156 valence electrons. The Morgan fingerprint density at radius 2 is 1.93 bits per heavy atom. The summed E-state index contributed by atoms with van der Waals surface area (Å²) in [5, 5.41) is 3.03. The molecule has 0 unspecified atom stereocenters. The van der Waals surface area contributed by atoms with Crippen LogP contribution in [0.5, 0.6) is 0 Å². The van der Waals surface area contributed by atoms with Gasteiger partial charge in [0.25, 0.3) is 0 Å². The Labute approximate surface area is 179 Å². The lowest BCUT2D eigenvalue weighted by molar-refractivity contribution is -0.116. The number of morpholine rings is 1. The molecule has 0 saturated carbocycles. The van der Waals surface area contributed by atoms with Crippen molar-refractivity contribution in [3.63, 3.8) is 0 Å². The van der Waals surface area contributed by atoms with Gasteiger partial charge in [-0.2, -0.15) is 0 Å². The Morgan fingerprint density at radius 3 is 2.62 bits per heavy atom. The predicted molar refractivity (Wildman–Crippen MR) is 116 cm³/mol. The minimum Gasteiger partial charge on any atom is -0.462 e. The van der Waals surface area contributed by atoms with Crippen LogP contribution in [0.2, 0.25) is 0 Å². The van der Waals surface area contributed by atoms with Gasteiger partial charge in [-0.05, 0) is 45.0 Å². The maximum Gasteiger partial charge on any atom is 0.339 e. The van der Waals surface area contributed by atoms with E-state index in [0.717, 1.165) is 40.3 Å². The van der Waals surface area contributed by atoms with Crippen molar-refractivity contribution in [3.8, 4) is 0 Å². The van der Waals surface area contributed by atoms with Gasteiger partial charge in [-0.3, -0.25) is 4.79 Å². The number of hydrogen-bond acceptors (Lipinski definition) is 5. The second kappa shape index (κ2) is 9.45. The molecular weight excluding hydrogens is 438 g/mol. The molecule has 7 nitrogen and oxygen atoms in total. The molecule has 3 rings (SSSR count). The van der Waals surface area contributed by atoms with E-state index in [0.29, 0.717) is 25.4 Å². The molecule has 0 spiro atoms. The summed E-state index contributed by atoms with van der Waals surface area (Å²) in [5.41, 5.74) is 3.77. The zero-order valence-electron chi connectivity index (χ0n) is 17.0. The first-order valence-electron chi connectivity index (χ1n) is 9.66. The molecule has 2 aromatic rings. The minimum atomic E-state index is -0.367. The zero-order chi connectivity index (χ0) is 21.0. The zero-order valence-corrected chi connectivity index (χ0v) is 18.5. The number of carbonyl (C=O) groups is 2. The third-order valence-corrected chi connectivity index (χ3v) is 5.45. The van der Waals surface area contributed by atoms with Crippen LogP contribution in [0.15, 0.2) is 28.7 Å². The average Bonchev–Trinajstić information content (AvgIpc) is 2.97. The topological polar surface area (TPSA) is 72.8 Å². The van der Waals surface area contributed by atoms with Gasteiger partial charge in [0.1, 0.15) is 6.54 Å². The smallest absolute Gasteiger partial charge is 0.339 e. The Bertz CT molecular complexity index is 904. The number of rotatable bonds is 6. The number of benzene rings is 1. The Balaban J connectivity index is 1.78. The third-order valence-electron chi connectivity index (χ3n) is 4.96. The van der Waals surface area contributed by atoms with Crippen LogP contribution in [0.1, 0.15) is 28.7 Å². The lowest BCUT2D eigenvalue weighted by atomic mass is 10.2. The van der Waals surface area contributed by atoms with Gasteiger partial charge in [0.15, 0.2) is 0 Å². The molecule has 1 saturated heterocycles. The van der Waals surface area contributed by atoms with E-state index in [-0.39, 0.29) is 18.4 Å². The molecule has 0 atom stereocenters. The van der Waals surface area contributed by atoms with Crippen LogP contribution >= 0.6 is 15.9 Å². The first-order valence-corrected chi connectivity index (χ1v) is 10.5. The summed E-state index contributed by atoms with van der Waals surface area (Å²) in [6.07, 6.45) is 0. The van der Waals surface area contributed by atoms with Crippen molar-refractivity contribution < 1.29 is 19.1 Å². The fourth-order valence-corrected chi connectivity index (χ4v) is 3.84. The van der Waals surface area contributed by atoms with E-state index in [4.69, 9.17) is 9.47 Å². The number of hydrogen-bond donors (Lipinski definition) is 1. The highest BCUT2D eigenvalue weighted by molar-refractivity contribution is 9.10. The lowest BCUT2D eigenvalue weighted by Crippen LogP contribution is -2.36. The SMILES string of the molecule is CCOC(=O)c1cc(C)n(CC(=O)Nc2cc(Br)ccc2N2CCOCC2)c1C. The van der Waals surface area contributed by atoms with Crippen molar-refractivity contribution in [1.29, 1.82) is 0 Å². The normalized spacial score (nSPS) is 14.0. The van der Waals surface area contributed by atoms with Crippen molar-refractivity contribution in [1.82, 2.24) is 4.57 Å². The fraction of sp³-hybridized carbons (Fsp3) is 0.429. The molecule has 1 aromatic carbocycles. The van der Waals surface area contributed by atoms with Crippen LogP contribution < -0.4 is 10.2 Å². The molecule has 0 radical (unpaired) electrons. The highest BCUT2D eigenvalue weighted by atomic mass is 79.9. The van der Waals surface area contributed by atoms with Crippen LogP contribution in [0.4, 0.5) is 11.4 Å². The highest BCUT2D eigenvalue weighted by Crippen LogP contribution is 2.30. The van der Waals surface area contributed by atoms with E-state index in [2.05, 4.69) is 26.1 Å². The van der Waals surface area contributed by atoms with Gasteiger partial charge >= 0.3 is 5.97 Å². The number of aromatic nitrogens is 1. The summed E-state index contributed by atoms with van der Waals surface area (Å²) in [7, 11) is 0. The molecule has 0 bridgehead atoms. The fourth-order valence-electron chi connectivity index (χ4n) is 3.48. The van der Waals surface area contributed by atoms with Crippen LogP contribution in [0, 0.1) is 13.8 Å². The molecule has 1 aliphatic heterocycles. The van der Waals surface area contributed by atoms with E-state index in [1.54, 1.807) is 13.0 Å². The largest absolute Gasteiger partial charge is 0.462 e. The predicted octanol–water partition coefficient (Wildman–Crippen LogP) is 3.52. The maximum absolute atomic E-state index is 12.8. The van der Waals surface area contributed by atoms with E-state index in [1.807, 2.05) is 36.6 Å². The molecule has 1 N–H and O–H groups in total. The van der Waals surface area contributed by atoms with Gasteiger partial charge in [0, 0.05) is 29.0 Å². The highest BCUT2D eigenvalue weighted by Gasteiger charge is 2.20. The van der Waals surface area contributed by atoms with Crippen molar-refractivity contribution in [2.45, 2.75) is 27.3 Å². The van der Waals surface area contributed by atoms with E-state index < -0.39 is 0 Å². The Morgan fingerprint density at radius 1 is 1.21 bits per heavy atom. The number of anilines is 2. The summed E-state index contributed by atoms with van der Waals surface area (Å²) >= 11 is 3.48. The standard InChI is InChI=1S/C21H26BrN3O4/c1-4-29-21(27)17-11-14(2)25(15(17)3)13-20(26)23-18-12-16(22)5-6-19(18)24-7-9-28-10-8-24/h5-6,11-12H,4,7-10,13H2,1-3H3,(H,23,26). The molecular formula is C21H26BrN3O4. The number of nitrogens with one attached hydrogen (secondary N) is 1. The first-order chi connectivity index (χ1) is 13.9. The number of aryl methyl sites for hydroxylation is 1. The summed E-state index contributed by atoms with van der Waals surface area (Å²) in [5.74, 6) is -0.524. The first kappa shape index (κ1) is 21.4. The van der Waals surface area contributed by atoms with Gasteiger partial charge in [-0.15, -0.1) is 0 Å². The molecule has 1 aromatic heterocycles. The monoisotopic (exact) mass is 463 g/mol. The number of halogens is 1. The number of ether oxygens (including phenoxy) is 2. The van der Waals surface area contributed by atoms with Crippen LogP contribution in [0.25, 0.3) is 0 Å².